The molecule has 2 saturated carbocycles. The maximum atomic E-state index is 5.91. The van der Waals surface area contributed by atoms with Crippen molar-refractivity contribution >= 4 is 0 Å². The first kappa shape index (κ1) is 9.17. The molecule has 1 saturated heterocycles. The van der Waals surface area contributed by atoms with Crippen LogP contribution in [0.5, 0.6) is 0 Å². The van der Waals surface area contributed by atoms with Gasteiger partial charge in [0, 0.05) is 6.61 Å². The molecule has 3 fully saturated rings. The largest absolute Gasteiger partial charge is 0.378 e. The van der Waals surface area contributed by atoms with E-state index in [2.05, 4.69) is 0 Å². The Labute approximate surface area is 86.2 Å². The van der Waals surface area contributed by atoms with Crippen LogP contribution in [0.25, 0.3) is 0 Å². The van der Waals surface area contributed by atoms with Gasteiger partial charge < -0.3 is 10.5 Å². The first-order valence-corrected chi connectivity index (χ1v) is 6.20. The van der Waals surface area contributed by atoms with Crippen molar-refractivity contribution in [3.8, 4) is 0 Å². The number of nitrogens with two attached hydrogens (primary N) is 1. The third-order valence-electron chi connectivity index (χ3n) is 4.78. The first-order chi connectivity index (χ1) is 6.88. The van der Waals surface area contributed by atoms with Crippen LogP contribution in [0.1, 0.15) is 32.1 Å². The maximum Gasteiger partial charge on any atom is 0.0647 e. The average Bonchev–Trinajstić information content (AvgIpc) is 2.92. The van der Waals surface area contributed by atoms with Crippen molar-refractivity contribution in [2.45, 2.75) is 38.2 Å². The second kappa shape index (κ2) is 3.49. The molecule has 3 aliphatic rings. The number of rotatable bonds is 2. The zero-order valence-corrected chi connectivity index (χ0v) is 8.82. The average molecular weight is 195 g/mol. The van der Waals surface area contributed by atoms with Crippen LogP contribution in [0.3, 0.4) is 0 Å². The fourth-order valence-electron chi connectivity index (χ4n) is 4.08. The molecule has 0 aromatic carbocycles. The van der Waals surface area contributed by atoms with E-state index in [0.717, 1.165) is 30.9 Å². The Balaban J connectivity index is 1.70. The molecule has 2 aliphatic carbocycles. The van der Waals surface area contributed by atoms with Gasteiger partial charge >= 0.3 is 0 Å². The van der Waals surface area contributed by atoms with Crippen LogP contribution in [-0.2, 0) is 4.74 Å². The third kappa shape index (κ3) is 1.31. The van der Waals surface area contributed by atoms with Crippen molar-refractivity contribution in [2.24, 2.45) is 29.4 Å². The molecule has 3 rings (SSSR count). The van der Waals surface area contributed by atoms with Crippen LogP contribution < -0.4 is 5.73 Å². The minimum Gasteiger partial charge on any atom is -0.378 e. The highest BCUT2D eigenvalue weighted by Crippen LogP contribution is 2.52. The zero-order chi connectivity index (χ0) is 9.54. The molecule has 80 valence electrons. The lowest BCUT2D eigenvalue weighted by molar-refractivity contribution is 0.0211. The highest BCUT2D eigenvalue weighted by Gasteiger charge is 2.46. The van der Waals surface area contributed by atoms with Gasteiger partial charge in [0.25, 0.3) is 0 Å². The predicted molar refractivity (Wildman–Crippen MR) is 55.8 cm³/mol. The smallest absolute Gasteiger partial charge is 0.0647 e. The predicted octanol–water partition coefficient (Wildman–Crippen LogP) is 1.79. The molecule has 0 aromatic rings. The summed E-state index contributed by atoms with van der Waals surface area (Å²) in [4.78, 5) is 0. The number of hydrogen-bond donors (Lipinski definition) is 1. The molecule has 0 spiro atoms. The molecule has 14 heavy (non-hydrogen) atoms. The molecule has 2 N–H and O–H groups in total. The molecular weight excluding hydrogens is 174 g/mol. The van der Waals surface area contributed by atoms with Gasteiger partial charge in [-0.3, -0.25) is 0 Å². The van der Waals surface area contributed by atoms with Crippen molar-refractivity contribution in [1.29, 1.82) is 0 Å². The Kier molecular flexibility index (Phi) is 2.29. The zero-order valence-electron chi connectivity index (χ0n) is 8.82. The van der Waals surface area contributed by atoms with E-state index < -0.39 is 0 Å². The van der Waals surface area contributed by atoms with Crippen molar-refractivity contribution in [3.05, 3.63) is 0 Å². The second-order valence-corrected chi connectivity index (χ2v) is 5.46. The van der Waals surface area contributed by atoms with E-state index >= 15 is 0 Å². The van der Waals surface area contributed by atoms with E-state index in [1.54, 1.807) is 0 Å². The molecule has 1 aliphatic heterocycles. The summed E-state index contributed by atoms with van der Waals surface area (Å²) < 4.78 is 5.91. The van der Waals surface area contributed by atoms with Crippen LogP contribution in [0.15, 0.2) is 0 Å². The van der Waals surface area contributed by atoms with Gasteiger partial charge in [0.2, 0.25) is 0 Å². The number of ether oxygens (including phenoxy) is 1. The van der Waals surface area contributed by atoms with Gasteiger partial charge in [0.05, 0.1) is 6.10 Å². The van der Waals surface area contributed by atoms with Crippen molar-refractivity contribution in [2.75, 3.05) is 13.2 Å². The normalized spacial score (nSPS) is 51.6. The topological polar surface area (TPSA) is 35.2 Å². The van der Waals surface area contributed by atoms with Gasteiger partial charge in [-0.05, 0) is 55.9 Å². The molecule has 5 unspecified atom stereocenters. The highest BCUT2D eigenvalue weighted by atomic mass is 16.5. The van der Waals surface area contributed by atoms with E-state index in [1.807, 2.05) is 0 Å². The molecule has 0 aromatic heterocycles. The summed E-state index contributed by atoms with van der Waals surface area (Å²) in [7, 11) is 0. The van der Waals surface area contributed by atoms with Crippen LogP contribution in [0, 0.1) is 23.7 Å². The molecule has 5 atom stereocenters. The molecule has 0 radical (unpaired) electrons. The lowest BCUT2D eigenvalue weighted by Crippen LogP contribution is -2.33. The monoisotopic (exact) mass is 195 g/mol. The molecule has 2 heteroatoms. The van der Waals surface area contributed by atoms with Gasteiger partial charge in [0.15, 0.2) is 0 Å². The summed E-state index contributed by atoms with van der Waals surface area (Å²) in [6.07, 6.45) is 7.60. The first-order valence-electron chi connectivity index (χ1n) is 6.20. The minimum atomic E-state index is 0.523. The minimum absolute atomic E-state index is 0.523. The Hall–Kier alpha value is -0.0800. The quantitative estimate of drug-likeness (QED) is 0.729. The van der Waals surface area contributed by atoms with Crippen LogP contribution in [0.2, 0.25) is 0 Å². The maximum absolute atomic E-state index is 5.91. The van der Waals surface area contributed by atoms with Crippen molar-refractivity contribution in [3.63, 3.8) is 0 Å². The van der Waals surface area contributed by atoms with Gasteiger partial charge in [0.1, 0.15) is 0 Å². The van der Waals surface area contributed by atoms with Crippen LogP contribution in [-0.4, -0.2) is 19.3 Å². The fourth-order valence-corrected chi connectivity index (χ4v) is 4.08. The SMILES string of the molecule is NCC1CCOC1C1CC2CCC1C2. The Morgan fingerprint density at radius 3 is 2.71 bits per heavy atom. The van der Waals surface area contributed by atoms with E-state index in [4.69, 9.17) is 10.5 Å². The van der Waals surface area contributed by atoms with E-state index in [9.17, 15) is 0 Å². The number of fused-ring (bicyclic) bond motifs is 2. The summed E-state index contributed by atoms with van der Waals surface area (Å²) in [6, 6.07) is 0. The lowest BCUT2D eigenvalue weighted by atomic mass is 9.80. The highest BCUT2D eigenvalue weighted by molar-refractivity contribution is 4.96. The van der Waals surface area contributed by atoms with E-state index in [-0.39, 0.29) is 0 Å². The van der Waals surface area contributed by atoms with Crippen LogP contribution >= 0.6 is 0 Å². The molecular formula is C12H21NO. The van der Waals surface area contributed by atoms with Gasteiger partial charge in [-0.15, -0.1) is 0 Å². The van der Waals surface area contributed by atoms with Crippen LogP contribution in [0.4, 0.5) is 0 Å². The summed E-state index contributed by atoms with van der Waals surface area (Å²) >= 11 is 0. The van der Waals surface area contributed by atoms with Gasteiger partial charge in [-0.1, -0.05) is 6.42 Å². The standard InChI is InChI=1S/C12H21NO/c13-7-10-3-4-14-12(10)11-6-8-1-2-9(11)5-8/h8-12H,1-7,13H2. The Morgan fingerprint density at radius 1 is 1.14 bits per heavy atom. The second-order valence-electron chi connectivity index (χ2n) is 5.46. The summed E-state index contributed by atoms with van der Waals surface area (Å²) in [5.74, 6) is 3.55. The molecule has 2 bridgehead atoms. The van der Waals surface area contributed by atoms with Gasteiger partial charge in [-0.2, -0.15) is 0 Å². The molecule has 0 amide bonds. The van der Waals surface area contributed by atoms with Gasteiger partial charge in [-0.25, -0.2) is 0 Å². The Morgan fingerprint density at radius 2 is 2.07 bits per heavy atom. The van der Waals surface area contributed by atoms with E-state index in [1.165, 1.54) is 32.1 Å². The number of hydrogen-bond acceptors (Lipinski definition) is 2. The molecule has 2 nitrogen and oxygen atoms in total. The van der Waals surface area contributed by atoms with E-state index in [0.29, 0.717) is 12.0 Å². The summed E-state index contributed by atoms with van der Waals surface area (Å²) in [5, 5.41) is 0. The summed E-state index contributed by atoms with van der Waals surface area (Å²) in [5.41, 5.74) is 5.81. The Bertz CT molecular complexity index is 214. The fraction of sp³-hybridized carbons (Fsp3) is 1.00. The summed E-state index contributed by atoms with van der Waals surface area (Å²) in [6.45, 7) is 1.79. The molecule has 1 heterocycles. The van der Waals surface area contributed by atoms with Crippen molar-refractivity contribution < 1.29 is 4.74 Å². The lowest BCUT2D eigenvalue weighted by Gasteiger charge is -2.30. The third-order valence-corrected chi connectivity index (χ3v) is 4.78. The van der Waals surface area contributed by atoms with Crippen molar-refractivity contribution in [1.82, 2.24) is 0 Å².